The van der Waals surface area contributed by atoms with Crippen LogP contribution in [0.5, 0.6) is 5.75 Å². The van der Waals surface area contributed by atoms with Gasteiger partial charge in [-0.2, -0.15) is 18.6 Å². The molecule has 0 aliphatic carbocycles. The van der Waals surface area contributed by atoms with Crippen molar-refractivity contribution in [1.29, 1.82) is 0 Å². The van der Waals surface area contributed by atoms with Gasteiger partial charge in [-0.3, -0.25) is 14.7 Å². The van der Waals surface area contributed by atoms with Gasteiger partial charge >= 0.3 is 0 Å². The number of hydrogen-bond acceptors (Lipinski definition) is 13. The Morgan fingerprint density at radius 3 is 1.87 bits per heavy atom. The van der Waals surface area contributed by atoms with Gasteiger partial charge in [0.15, 0.2) is 0 Å². The van der Waals surface area contributed by atoms with Crippen LogP contribution in [0, 0.1) is 10.1 Å². The molecule has 0 fully saturated rings. The molecule has 4 aromatic carbocycles. The van der Waals surface area contributed by atoms with E-state index in [4.69, 9.17) is 5.73 Å². The number of nitro groups is 1. The highest BCUT2D eigenvalue weighted by Crippen LogP contribution is 2.47. The van der Waals surface area contributed by atoms with Crippen molar-refractivity contribution in [2.24, 2.45) is 20.5 Å². The molecule has 15 nitrogen and oxygen atoms in total. The fraction of sp³-hybridized carbons (Fsp3) is 0. The Labute approximate surface area is 219 Å². The fourth-order valence-electron chi connectivity index (χ4n) is 3.43. The van der Waals surface area contributed by atoms with Gasteiger partial charge in [0.2, 0.25) is 0 Å². The zero-order valence-corrected chi connectivity index (χ0v) is 20.8. The standard InChI is InChI=1S/C22H16N6O9S2/c23-19-18-12(11-17(39(35,36)37)21(22(18)29)27-24-13-4-2-1-3-5-13)10-16(38(32,33)34)20(19)26-25-14-6-8-15(9-7-14)28(30)31/h1-11,29H,23H2,(H,32,33,34)(H,35,36,37)/p-2. The minimum absolute atomic E-state index is 0.00997. The highest BCUT2D eigenvalue weighted by atomic mass is 32.2. The van der Waals surface area contributed by atoms with E-state index < -0.39 is 68.5 Å². The molecule has 39 heavy (non-hydrogen) atoms. The minimum atomic E-state index is -5.32. The van der Waals surface area contributed by atoms with Crippen LogP contribution in [0.4, 0.5) is 34.1 Å². The van der Waals surface area contributed by atoms with Gasteiger partial charge in [-0.1, -0.05) is 23.9 Å². The molecule has 0 aliphatic heterocycles. The third kappa shape index (κ3) is 5.70. The van der Waals surface area contributed by atoms with Gasteiger partial charge in [0.05, 0.1) is 32.6 Å². The van der Waals surface area contributed by atoms with Crippen molar-refractivity contribution in [1.82, 2.24) is 0 Å². The Kier molecular flexibility index (Phi) is 7.07. The lowest BCUT2D eigenvalue weighted by Crippen LogP contribution is -2.06. The molecular weight excluding hydrogens is 556 g/mol. The van der Waals surface area contributed by atoms with Crippen LogP contribution in [-0.4, -0.2) is 30.9 Å². The van der Waals surface area contributed by atoms with Crippen molar-refractivity contribution >= 4 is 65.1 Å². The van der Waals surface area contributed by atoms with Crippen molar-refractivity contribution in [3.05, 3.63) is 76.8 Å². The van der Waals surface area contributed by atoms with E-state index in [9.17, 15) is 41.2 Å². The van der Waals surface area contributed by atoms with Gasteiger partial charge in [-0.15, -0.1) is 10.2 Å². The molecule has 0 bridgehead atoms. The highest BCUT2D eigenvalue weighted by molar-refractivity contribution is 7.86. The van der Waals surface area contributed by atoms with Crippen LogP contribution in [0.15, 0.2) is 97.0 Å². The van der Waals surface area contributed by atoms with Crippen LogP contribution in [-0.2, 0) is 20.2 Å². The first-order valence-electron chi connectivity index (χ1n) is 10.4. The average Bonchev–Trinajstić information content (AvgIpc) is 2.86. The maximum Gasteiger partial charge on any atom is 0.296 e. The summed E-state index contributed by atoms with van der Waals surface area (Å²) in [6, 6.07) is 13.8. The Morgan fingerprint density at radius 1 is 0.795 bits per heavy atom. The predicted octanol–water partition coefficient (Wildman–Crippen LogP) is 4.39. The summed E-state index contributed by atoms with van der Waals surface area (Å²) in [5.41, 5.74) is 3.80. The van der Waals surface area contributed by atoms with Crippen molar-refractivity contribution < 1.29 is 36.0 Å². The summed E-state index contributed by atoms with van der Waals surface area (Å²) in [5.74, 6) is -1.17. The van der Waals surface area contributed by atoms with Crippen LogP contribution in [0.1, 0.15) is 0 Å². The molecule has 0 aliphatic rings. The molecule has 4 rings (SSSR count). The SMILES string of the molecule is Nc1c(N=Nc2ccc([N+](=O)[O-])cc2)c(S(=O)(=O)[O-])cc2cc(S(=O)(=O)O)c(N=Nc3ccccc3)c([O-])c12. The Morgan fingerprint density at radius 2 is 1.33 bits per heavy atom. The summed E-state index contributed by atoms with van der Waals surface area (Å²) in [4.78, 5) is 8.12. The monoisotopic (exact) mass is 570 g/mol. The zero-order valence-electron chi connectivity index (χ0n) is 19.2. The summed E-state index contributed by atoms with van der Waals surface area (Å²) in [5, 5.41) is 38.2. The summed E-state index contributed by atoms with van der Waals surface area (Å²) in [6.07, 6.45) is 0. The third-order valence-corrected chi connectivity index (χ3v) is 6.91. The zero-order chi connectivity index (χ0) is 28.5. The number of hydrogen-bond donors (Lipinski definition) is 2. The Hall–Kier alpha value is -4.84. The van der Waals surface area contributed by atoms with Crippen molar-refractivity contribution in [3.63, 3.8) is 0 Å². The Bertz CT molecular complexity index is 1890. The molecule has 0 spiro atoms. The number of non-ortho nitro benzene ring substituents is 1. The number of fused-ring (bicyclic) bond motifs is 1. The minimum Gasteiger partial charge on any atom is -0.870 e. The van der Waals surface area contributed by atoms with Crippen LogP contribution in [0.3, 0.4) is 0 Å². The third-order valence-electron chi connectivity index (χ3n) is 5.19. The molecule has 3 N–H and O–H groups in total. The van der Waals surface area contributed by atoms with Crippen LogP contribution >= 0.6 is 0 Å². The van der Waals surface area contributed by atoms with Crippen LogP contribution < -0.4 is 10.8 Å². The van der Waals surface area contributed by atoms with Gasteiger partial charge in [0.25, 0.3) is 15.8 Å². The van der Waals surface area contributed by atoms with Crippen molar-refractivity contribution in [3.8, 4) is 5.75 Å². The molecule has 0 unspecified atom stereocenters. The number of azo groups is 2. The summed E-state index contributed by atoms with van der Waals surface area (Å²) >= 11 is 0. The molecular formula is C22H14N6O9S2-2. The van der Waals surface area contributed by atoms with E-state index in [1.807, 2.05) is 0 Å². The Balaban J connectivity index is 1.99. The van der Waals surface area contributed by atoms with Crippen LogP contribution in [0.2, 0.25) is 0 Å². The molecule has 0 aromatic heterocycles. The maximum absolute atomic E-state index is 13.4. The first-order valence-corrected chi connectivity index (χ1v) is 13.3. The van der Waals surface area contributed by atoms with Crippen LogP contribution in [0.25, 0.3) is 10.8 Å². The van der Waals surface area contributed by atoms with E-state index in [0.29, 0.717) is 12.1 Å². The fourth-order valence-corrected chi connectivity index (χ4v) is 4.74. The molecule has 0 saturated carbocycles. The normalized spacial score (nSPS) is 12.5. The average molecular weight is 571 g/mol. The number of nitro benzene ring substituents is 1. The smallest absolute Gasteiger partial charge is 0.296 e. The molecule has 4 aromatic rings. The molecule has 17 heteroatoms. The van der Waals surface area contributed by atoms with E-state index in [1.54, 1.807) is 18.2 Å². The molecule has 200 valence electrons. The van der Waals surface area contributed by atoms with E-state index in [1.165, 1.54) is 24.3 Å². The maximum atomic E-state index is 13.4. The molecule has 0 heterocycles. The van der Waals surface area contributed by atoms with Crippen molar-refractivity contribution in [2.75, 3.05) is 5.73 Å². The van der Waals surface area contributed by atoms with Gasteiger partial charge < -0.3 is 15.4 Å². The number of benzene rings is 4. The quantitative estimate of drug-likeness (QED) is 0.104. The molecule has 0 saturated heterocycles. The second-order valence-electron chi connectivity index (χ2n) is 7.73. The molecule has 0 radical (unpaired) electrons. The summed E-state index contributed by atoms with van der Waals surface area (Å²) in [6.45, 7) is 0. The lowest BCUT2D eigenvalue weighted by atomic mass is 10.1. The highest BCUT2D eigenvalue weighted by Gasteiger charge is 2.23. The van der Waals surface area contributed by atoms with E-state index in [-0.39, 0.29) is 17.1 Å². The van der Waals surface area contributed by atoms with Gasteiger partial charge in [-0.25, -0.2) is 8.42 Å². The number of nitrogen functional groups attached to an aromatic ring is 1. The molecule has 0 amide bonds. The predicted molar refractivity (Wildman–Crippen MR) is 133 cm³/mol. The van der Waals surface area contributed by atoms with Gasteiger partial charge in [-0.05, 0) is 41.8 Å². The summed E-state index contributed by atoms with van der Waals surface area (Å²) < 4.78 is 69.8. The van der Waals surface area contributed by atoms with Crippen molar-refractivity contribution in [2.45, 2.75) is 9.79 Å². The topological polar surface area (TPSA) is 253 Å². The van der Waals surface area contributed by atoms with E-state index in [2.05, 4.69) is 20.5 Å². The lowest BCUT2D eigenvalue weighted by molar-refractivity contribution is -0.384. The van der Waals surface area contributed by atoms with E-state index in [0.717, 1.165) is 12.1 Å². The molecule has 0 atom stereocenters. The number of nitrogens with two attached hydrogens (primary N) is 1. The summed E-state index contributed by atoms with van der Waals surface area (Å²) in [7, 11) is -10.4. The first kappa shape index (κ1) is 27.2. The second-order valence-corrected chi connectivity index (χ2v) is 10.5. The lowest BCUT2D eigenvalue weighted by Gasteiger charge is -2.21. The van der Waals surface area contributed by atoms with Gasteiger partial charge in [0, 0.05) is 17.5 Å². The first-order chi connectivity index (χ1) is 18.3. The van der Waals surface area contributed by atoms with E-state index >= 15 is 0 Å². The number of rotatable bonds is 7. The largest absolute Gasteiger partial charge is 0.870 e. The number of nitrogens with zero attached hydrogens (tertiary/aromatic N) is 5. The van der Waals surface area contributed by atoms with Gasteiger partial charge in [0.1, 0.15) is 20.7 Å². The number of anilines is 1. The second kappa shape index (κ2) is 10.1.